The van der Waals surface area contributed by atoms with Gasteiger partial charge in [-0.25, -0.2) is 9.69 Å². The first kappa shape index (κ1) is 19.1. The van der Waals surface area contributed by atoms with Gasteiger partial charge in [-0.15, -0.1) is 0 Å². The highest BCUT2D eigenvalue weighted by atomic mass is 35.5. The molecule has 0 spiro atoms. The molecule has 3 fully saturated rings. The Morgan fingerprint density at radius 3 is 2.26 bits per heavy atom. The van der Waals surface area contributed by atoms with E-state index >= 15 is 0 Å². The van der Waals surface area contributed by atoms with Crippen LogP contribution in [0.1, 0.15) is 16.8 Å². The van der Waals surface area contributed by atoms with Gasteiger partial charge in [0.05, 0.1) is 28.1 Å². The van der Waals surface area contributed by atoms with E-state index in [1.165, 1.54) is 23.1 Å². The van der Waals surface area contributed by atoms with Gasteiger partial charge in [0, 0.05) is 5.02 Å². The fourth-order valence-electron chi connectivity index (χ4n) is 5.70. The Labute approximate surface area is 188 Å². The fraction of sp³-hybridized carbons (Fsp3) is 0.292. The van der Waals surface area contributed by atoms with Crippen LogP contribution in [0, 0.1) is 35.5 Å². The number of ether oxygens (including phenoxy) is 1. The lowest BCUT2D eigenvalue weighted by Gasteiger charge is -2.37. The summed E-state index contributed by atoms with van der Waals surface area (Å²) in [6.45, 7) is 0. The van der Waals surface area contributed by atoms with E-state index in [-0.39, 0.29) is 51.8 Å². The van der Waals surface area contributed by atoms with Crippen molar-refractivity contribution in [1.29, 1.82) is 0 Å². The van der Waals surface area contributed by atoms with E-state index in [1.54, 1.807) is 24.3 Å². The molecule has 4 aliphatic carbocycles. The van der Waals surface area contributed by atoms with Gasteiger partial charge in [0.15, 0.2) is 0 Å². The summed E-state index contributed by atoms with van der Waals surface area (Å²) >= 11 is 12.0. The number of allylic oxidation sites excluding steroid dienone is 2. The van der Waals surface area contributed by atoms with E-state index in [4.69, 9.17) is 27.9 Å². The van der Waals surface area contributed by atoms with Crippen LogP contribution >= 0.6 is 23.2 Å². The normalized spacial score (nSPS) is 32.1. The number of carbonyl (C=O) groups excluding carboxylic acids is 3. The summed E-state index contributed by atoms with van der Waals surface area (Å²) in [5.74, 6) is 0.0507. The number of rotatable bonds is 3. The number of halogens is 2. The van der Waals surface area contributed by atoms with Crippen LogP contribution in [0.15, 0.2) is 54.6 Å². The second-order valence-electron chi connectivity index (χ2n) is 8.68. The number of nitrogens with zero attached hydrogens (tertiary/aromatic N) is 1. The van der Waals surface area contributed by atoms with Crippen LogP contribution < -0.4 is 9.64 Å². The molecule has 31 heavy (non-hydrogen) atoms. The highest BCUT2D eigenvalue weighted by Crippen LogP contribution is 2.65. The summed E-state index contributed by atoms with van der Waals surface area (Å²) in [6.07, 6.45) is 5.39. The van der Waals surface area contributed by atoms with Crippen molar-refractivity contribution in [2.24, 2.45) is 35.5 Å². The highest BCUT2D eigenvalue weighted by Gasteiger charge is 2.67. The number of carbonyl (C=O) groups is 3. The Hall–Kier alpha value is -2.63. The number of hydrogen-bond acceptors (Lipinski definition) is 4. The molecule has 156 valence electrons. The summed E-state index contributed by atoms with van der Waals surface area (Å²) in [7, 11) is 0. The zero-order chi connectivity index (χ0) is 21.4. The van der Waals surface area contributed by atoms with E-state index in [0.29, 0.717) is 22.5 Å². The molecule has 7 rings (SSSR count). The Kier molecular flexibility index (Phi) is 4.11. The van der Waals surface area contributed by atoms with E-state index < -0.39 is 5.97 Å². The highest BCUT2D eigenvalue weighted by molar-refractivity contribution is 6.35. The van der Waals surface area contributed by atoms with Gasteiger partial charge in [-0.3, -0.25) is 9.59 Å². The number of imide groups is 1. The molecule has 5 aliphatic rings. The smallest absolute Gasteiger partial charge is 0.343 e. The molecule has 6 atom stereocenters. The van der Waals surface area contributed by atoms with Gasteiger partial charge >= 0.3 is 5.97 Å². The van der Waals surface area contributed by atoms with Crippen molar-refractivity contribution in [3.05, 3.63) is 70.2 Å². The zero-order valence-corrected chi connectivity index (χ0v) is 17.7. The van der Waals surface area contributed by atoms with Gasteiger partial charge in [0.25, 0.3) is 0 Å². The quantitative estimate of drug-likeness (QED) is 0.290. The van der Waals surface area contributed by atoms with Gasteiger partial charge < -0.3 is 4.74 Å². The van der Waals surface area contributed by atoms with Crippen LogP contribution in [-0.2, 0) is 9.59 Å². The first-order valence-electron chi connectivity index (χ1n) is 10.3. The van der Waals surface area contributed by atoms with Crippen molar-refractivity contribution in [3.63, 3.8) is 0 Å². The average Bonchev–Trinajstić information content (AvgIpc) is 3.53. The van der Waals surface area contributed by atoms with Crippen molar-refractivity contribution in [2.75, 3.05) is 4.90 Å². The number of benzene rings is 2. The van der Waals surface area contributed by atoms with Crippen LogP contribution in [0.4, 0.5) is 5.69 Å². The van der Waals surface area contributed by atoms with Crippen LogP contribution in [0.3, 0.4) is 0 Å². The monoisotopic (exact) mass is 453 g/mol. The van der Waals surface area contributed by atoms with Crippen molar-refractivity contribution in [3.8, 4) is 5.75 Å². The molecule has 0 unspecified atom stereocenters. The summed E-state index contributed by atoms with van der Waals surface area (Å²) < 4.78 is 5.39. The second kappa shape index (κ2) is 6.68. The van der Waals surface area contributed by atoms with Gasteiger partial charge in [-0.05, 0) is 66.5 Å². The maximum absolute atomic E-state index is 13.3. The third kappa shape index (κ3) is 2.80. The largest absolute Gasteiger partial charge is 0.421 e. The van der Waals surface area contributed by atoms with Crippen LogP contribution in [0.25, 0.3) is 0 Å². The van der Waals surface area contributed by atoms with Crippen molar-refractivity contribution in [1.82, 2.24) is 0 Å². The van der Waals surface area contributed by atoms with Crippen LogP contribution in [0.5, 0.6) is 5.75 Å². The second-order valence-corrected chi connectivity index (χ2v) is 9.52. The Bertz CT molecular complexity index is 1160. The molecule has 2 aromatic rings. The lowest BCUT2D eigenvalue weighted by Crippen LogP contribution is -2.40. The maximum Gasteiger partial charge on any atom is 0.343 e. The molecule has 1 saturated heterocycles. The van der Waals surface area contributed by atoms with Crippen molar-refractivity contribution >= 4 is 46.7 Å². The minimum atomic E-state index is -0.634. The molecule has 2 aromatic carbocycles. The first-order valence-corrected chi connectivity index (χ1v) is 11.0. The van der Waals surface area contributed by atoms with Crippen LogP contribution in [-0.4, -0.2) is 17.8 Å². The third-order valence-electron chi connectivity index (χ3n) is 7.10. The Morgan fingerprint density at radius 2 is 1.61 bits per heavy atom. The van der Waals surface area contributed by atoms with Gasteiger partial charge in [0.2, 0.25) is 11.8 Å². The maximum atomic E-state index is 13.3. The minimum Gasteiger partial charge on any atom is -0.421 e. The predicted octanol–water partition coefficient (Wildman–Crippen LogP) is 4.77. The number of anilines is 1. The molecular formula is C24H17Cl2NO4. The van der Waals surface area contributed by atoms with E-state index in [9.17, 15) is 14.4 Å². The fourth-order valence-corrected chi connectivity index (χ4v) is 6.15. The Balaban J connectivity index is 1.28. The van der Waals surface area contributed by atoms with E-state index in [0.717, 1.165) is 6.42 Å². The molecule has 5 nitrogen and oxygen atoms in total. The Morgan fingerprint density at radius 1 is 0.935 bits per heavy atom. The topological polar surface area (TPSA) is 63.7 Å². The number of hydrogen-bond donors (Lipinski definition) is 0. The molecule has 0 aromatic heterocycles. The summed E-state index contributed by atoms with van der Waals surface area (Å²) in [5.41, 5.74) is 0.622. The molecule has 2 amide bonds. The predicted molar refractivity (Wildman–Crippen MR) is 115 cm³/mol. The average molecular weight is 454 g/mol. The van der Waals surface area contributed by atoms with Crippen molar-refractivity contribution < 1.29 is 19.1 Å². The van der Waals surface area contributed by atoms with Crippen LogP contribution in [0.2, 0.25) is 10.0 Å². The van der Waals surface area contributed by atoms with E-state index in [1.807, 2.05) is 0 Å². The molecule has 7 heteroatoms. The summed E-state index contributed by atoms with van der Waals surface area (Å²) in [5, 5.41) is 0.646. The molecule has 2 saturated carbocycles. The SMILES string of the molecule is O=C(Oc1ccc(Cl)cc1Cl)c1cccc(N2C(=O)[C@H]3[C@@H]4C=C[C@@H]([C@H]5C[C@H]45)[C@@H]3C2=O)c1. The molecule has 2 bridgehead atoms. The van der Waals surface area contributed by atoms with Crippen molar-refractivity contribution in [2.45, 2.75) is 6.42 Å². The molecular weight excluding hydrogens is 437 g/mol. The third-order valence-corrected chi connectivity index (χ3v) is 7.63. The summed E-state index contributed by atoms with van der Waals surface area (Å²) in [4.78, 5) is 40.5. The lowest BCUT2D eigenvalue weighted by molar-refractivity contribution is -0.124. The molecule has 0 N–H and O–H groups in total. The lowest BCUT2D eigenvalue weighted by atomic mass is 9.63. The first-order chi connectivity index (χ1) is 14.9. The number of esters is 1. The van der Waals surface area contributed by atoms with Gasteiger partial charge in [-0.2, -0.15) is 0 Å². The number of amides is 2. The minimum absolute atomic E-state index is 0.154. The standard InChI is InChI=1S/C24H17Cl2NO4/c25-12-4-7-19(18(26)9-12)31-24(30)11-2-1-3-13(8-11)27-22(28)20-14-5-6-15(17-10-16(14)17)21(20)23(27)29/h1-9,14-17,20-21H,10H2/t14-,15+,16-,17-,20+,21+/m1/s1. The van der Waals surface area contributed by atoms with Gasteiger partial charge in [0.1, 0.15) is 5.75 Å². The summed E-state index contributed by atoms with van der Waals surface area (Å²) in [6, 6.07) is 11.0. The molecule has 1 aliphatic heterocycles. The zero-order valence-electron chi connectivity index (χ0n) is 16.2. The van der Waals surface area contributed by atoms with Gasteiger partial charge in [-0.1, -0.05) is 41.4 Å². The van der Waals surface area contributed by atoms with E-state index in [2.05, 4.69) is 12.2 Å². The molecule has 0 radical (unpaired) electrons. The molecule has 1 heterocycles.